The summed E-state index contributed by atoms with van der Waals surface area (Å²) in [6, 6.07) is 6.80. The Bertz CT molecular complexity index is 703. The van der Waals surface area contributed by atoms with Crippen molar-refractivity contribution >= 4 is 16.8 Å². The molecule has 102 valence electrons. The molecule has 1 aromatic heterocycles. The molecule has 6 heteroatoms. The van der Waals surface area contributed by atoms with Gasteiger partial charge in [-0.05, 0) is 30.4 Å². The Morgan fingerprint density at radius 2 is 2.10 bits per heavy atom. The topological polar surface area (TPSA) is 73.8 Å². The third-order valence-corrected chi connectivity index (χ3v) is 3.60. The normalized spacial score (nSPS) is 14.8. The highest BCUT2D eigenvalue weighted by Gasteiger charge is 2.21. The first-order chi connectivity index (χ1) is 9.66. The van der Waals surface area contributed by atoms with Gasteiger partial charge < -0.3 is 4.57 Å². The van der Waals surface area contributed by atoms with Gasteiger partial charge in [-0.2, -0.15) is 0 Å². The van der Waals surface area contributed by atoms with Crippen molar-refractivity contribution in [3.05, 3.63) is 52.1 Å². The quantitative estimate of drug-likeness (QED) is 0.635. The van der Waals surface area contributed by atoms with Gasteiger partial charge in [-0.1, -0.05) is 12.1 Å². The van der Waals surface area contributed by atoms with Crippen molar-refractivity contribution in [2.45, 2.75) is 19.3 Å². The molecule has 0 spiro atoms. The zero-order chi connectivity index (χ0) is 14.1. The van der Waals surface area contributed by atoms with E-state index in [0.29, 0.717) is 0 Å². The number of nitro groups is 1. The van der Waals surface area contributed by atoms with Gasteiger partial charge in [-0.3, -0.25) is 10.1 Å². The minimum absolute atomic E-state index is 0.124. The lowest BCUT2D eigenvalue weighted by molar-refractivity contribution is -0.384. The summed E-state index contributed by atoms with van der Waals surface area (Å²) in [6.45, 7) is 0. The first-order valence-corrected chi connectivity index (χ1v) is 6.48. The van der Waals surface area contributed by atoms with Gasteiger partial charge >= 0.3 is 0 Å². The van der Waals surface area contributed by atoms with E-state index < -0.39 is 0 Å². The smallest absolute Gasteiger partial charge is 0.270 e. The van der Waals surface area contributed by atoms with Crippen molar-refractivity contribution in [3.8, 4) is 0 Å². The van der Waals surface area contributed by atoms with Crippen LogP contribution in [0.4, 0.5) is 5.69 Å². The van der Waals surface area contributed by atoms with E-state index in [-0.39, 0.29) is 10.6 Å². The predicted octanol–water partition coefficient (Wildman–Crippen LogP) is 2.82. The number of benzene rings is 1. The lowest BCUT2D eigenvalue weighted by Crippen LogP contribution is -1.97. The summed E-state index contributed by atoms with van der Waals surface area (Å²) in [5, 5.41) is 19.0. The Labute approximate surface area is 115 Å². The highest BCUT2D eigenvalue weighted by atomic mass is 16.6. The van der Waals surface area contributed by atoms with Gasteiger partial charge in [0.15, 0.2) is 5.82 Å². The minimum atomic E-state index is -0.360. The zero-order valence-electron chi connectivity index (χ0n) is 11.1. The average molecular weight is 270 g/mol. The van der Waals surface area contributed by atoms with Gasteiger partial charge in [0.2, 0.25) is 0 Å². The van der Waals surface area contributed by atoms with E-state index in [1.807, 2.05) is 17.7 Å². The van der Waals surface area contributed by atoms with E-state index in [1.165, 1.54) is 6.07 Å². The molecule has 0 aliphatic heterocycles. The van der Waals surface area contributed by atoms with E-state index >= 15 is 0 Å². The monoisotopic (exact) mass is 270 g/mol. The van der Waals surface area contributed by atoms with Crippen LogP contribution in [0.2, 0.25) is 0 Å². The molecule has 1 aliphatic carbocycles. The Hall–Kier alpha value is -2.50. The van der Waals surface area contributed by atoms with Crippen LogP contribution in [0.25, 0.3) is 11.1 Å². The molecule has 2 aromatic rings. The van der Waals surface area contributed by atoms with Crippen molar-refractivity contribution in [2.24, 2.45) is 7.05 Å². The van der Waals surface area contributed by atoms with Crippen molar-refractivity contribution in [1.29, 1.82) is 0 Å². The van der Waals surface area contributed by atoms with Crippen LogP contribution in [0.1, 0.15) is 30.7 Å². The highest BCUT2D eigenvalue weighted by Crippen LogP contribution is 2.39. The van der Waals surface area contributed by atoms with Crippen LogP contribution in [0.15, 0.2) is 30.6 Å². The number of nitrogens with zero attached hydrogens (tertiary/aromatic N) is 4. The molecule has 1 aromatic carbocycles. The van der Waals surface area contributed by atoms with Crippen LogP contribution in [0.5, 0.6) is 0 Å². The first-order valence-electron chi connectivity index (χ1n) is 6.48. The van der Waals surface area contributed by atoms with E-state index in [4.69, 9.17) is 0 Å². The Morgan fingerprint density at radius 3 is 2.80 bits per heavy atom. The molecular weight excluding hydrogens is 256 g/mol. The summed E-state index contributed by atoms with van der Waals surface area (Å²) < 4.78 is 1.89. The Balaban J connectivity index is 2.10. The molecule has 20 heavy (non-hydrogen) atoms. The highest BCUT2D eigenvalue weighted by molar-refractivity contribution is 5.91. The van der Waals surface area contributed by atoms with Gasteiger partial charge in [0.25, 0.3) is 5.69 Å². The minimum Gasteiger partial charge on any atom is -0.317 e. The van der Waals surface area contributed by atoms with Gasteiger partial charge in [0.1, 0.15) is 6.33 Å². The van der Waals surface area contributed by atoms with Crippen molar-refractivity contribution in [3.63, 3.8) is 0 Å². The predicted molar refractivity (Wildman–Crippen MR) is 74.8 cm³/mol. The molecule has 0 bridgehead atoms. The second-order valence-electron chi connectivity index (χ2n) is 4.88. The second-order valence-corrected chi connectivity index (χ2v) is 4.88. The third kappa shape index (κ3) is 2.09. The maximum absolute atomic E-state index is 10.9. The summed E-state index contributed by atoms with van der Waals surface area (Å²) >= 11 is 0. The summed E-state index contributed by atoms with van der Waals surface area (Å²) in [5.74, 6) is 0.851. The van der Waals surface area contributed by atoms with E-state index in [9.17, 15) is 10.1 Å². The van der Waals surface area contributed by atoms with Crippen LogP contribution in [0.3, 0.4) is 0 Å². The fourth-order valence-electron chi connectivity index (χ4n) is 2.67. The number of aromatic nitrogens is 3. The van der Waals surface area contributed by atoms with Gasteiger partial charge in [-0.15, -0.1) is 10.2 Å². The summed E-state index contributed by atoms with van der Waals surface area (Å²) in [7, 11) is 1.91. The number of nitro benzene ring substituents is 1. The standard InChI is InChI=1S/C14H14N4O2/c1-17-9-15-16-14(17)13-7-3-6-12(13)10-4-2-5-11(8-10)18(19)20/h2,4-5,8-9H,3,6-7H2,1H3. The third-order valence-electron chi connectivity index (χ3n) is 3.60. The number of hydrogen-bond acceptors (Lipinski definition) is 4. The van der Waals surface area contributed by atoms with Crippen LogP contribution in [-0.4, -0.2) is 19.7 Å². The number of non-ortho nitro benzene ring substituents is 1. The fourth-order valence-corrected chi connectivity index (χ4v) is 2.67. The molecule has 0 N–H and O–H groups in total. The molecule has 0 fully saturated rings. The van der Waals surface area contributed by atoms with Crippen LogP contribution >= 0.6 is 0 Å². The molecular formula is C14H14N4O2. The van der Waals surface area contributed by atoms with Crippen molar-refractivity contribution in [1.82, 2.24) is 14.8 Å². The fraction of sp³-hybridized carbons (Fsp3) is 0.286. The van der Waals surface area contributed by atoms with Gasteiger partial charge in [-0.25, -0.2) is 0 Å². The molecule has 0 atom stereocenters. The molecule has 1 aliphatic rings. The molecule has 3 rings (SSSR count). The van der Waals surface area contributed by atoms with Crippen LogP contribution in [-0.2, 0) is 7.05 Å². The number of allylic oxidation sites excluding steroid dienone is 2. The van der Waals surface area contributed by atoms with Crippen molar-refractivity contribution in [2.75, 3.05) is 0 Å². The largest absolute Gasteiger partial charge is 0.317 e. The van der Waals surface area contributed by atoms with E-state index in [0.717, 1.165) is 41.8 Å². The molecule has 0 saturated carbocycles. The maximum atomic E-state index is 10.9. The SMILES string of the molecule is Cn1cnnc1C1=C(c2cccc([N+](=O)[O-])c2)CCC1. The summed E-state index contributed by atoms with van der Waals surface area (Å²) in [5.41, 5.74) is 3.32. The first kappa shape index (κ1) is 12.5. The van der Waals surface area contributed by atoms with Crippen molar-refractivity contribution < 1.29 is 4.92 Å². The van der Waals surface area contributed by atoms with E-state index in [2.05, 4.69) is 10.2 Å². The van der Waals surface area contributed by atoms with Gasteiger partial charge in [0, 0.05) is 24.8 Å². The number of rotatable bonds is 3. The maximum Gasteiger partial charge on any atom is 0.270 e. The lowest BCUT2D eigenvalue weighted by Gasteiger charge is -2.07. The number of aryl methyl sites for hydroxylation is 1. The Kier molecular flexibility index (Phi) is 3.06. The molecule has 0 saturated heterocycles. The van der Waals surface area contributed by atoms with Crippen LogP contribution in [0, 0.1) is 10.1 Å². The lowest BCUT2D eigenvalue weighted by atomic mass is 10.0. The Morgan fingerprint density at radius 1 is 1.30 bits per heavy atom. The molecule has 1 heterocycles. The molecule has 0 amide bonds. The van der Waals surface area contributed by atoms with Crippen LogP contribution < -0.4 is 0 Å². The summed E-state index contributed by atoms with van der Waals surface area (Å²) in [4.78, 5) is 10.5. The van der Waals surface area contributed by atoms with Gasteiger partial charge in [0.05, 0.1) is 4.92 Å². The molecule has 6 nitrogen and oxygen atoms in total. The number of hydrogen-bond donors (Lipinski definition) is 0. The molecule has 0 unspecified atom stereocenters. The van der Waals surface area contributed by atoms with E-state index in [1.54, 1.807) is 18.5 Å². The zero-order valence-corrected chi connectivity index (χ0v) is 11.1. The summed E-state index contributed by atoms with van der Waals surface area (Å²) in [6.07, 6.45) is 4.57. The second kappa shape index (κ2) is 4.88. The molecule has 0 radical (unpaired) electrons. The average Bonchev–Trinajstić information content (AvgIpc) is 3.06.